The summed E-state index contributed by atoms with van der Waals surface area (Å²) in [5.41, 5.74) is 0.405. The van der Waals surface area contributed by atoms with Crippen LogP contribution in [0.3, 0.4) is 0 Å². The van der Waals surface area contributed by atoms with Crippen LogP contribution in [0.15, 0.2) is 0 Å². The lowest BCUT2D eigenvalue weighted by Crippen LogP contribution is -2.00. The number of hydrogen-bond acceptors (Lipinski definition) is 4. The fraction of sp³-hybridized carbons (Fsp3) is 0.333. The van der Waals surface area contributed by atoms with Gasteiger partial charge in [-0.25, -0.2) is 4.98 Å². The van der Waals surface area contributed by atoms with E-state index in [-0.39, 0.29) is 5.06 Å². The Morgan fingerprint density at radius 1 is 1.73 bits per heavy atom. The summed E-state index contributed by atoms with van der Waals surface area (Å²) >= 11 is 0.722. The lowest BCUT2D eigenvalue weighted by Gasteiger charge is -1.94. The molecule has 11 heavy (non-hydrogen) atoms. The zero-order valence-corrected chi connectivity index (χ0v) is 6.87. The summed E-state index contributed by atoms with van der Waals surface area (Å²) in [5.74, 6) is -0.461. The molecule has 1 aromatic heterocycles. The molecule has 0 radical (unpaired) electrons. The van der Waals surface area contributed by atoms with Crippen molar-refractivity contribution in [3.05, 3.63) is 11.0 Å². The zero-order valence-electron chi connectivity index (χ0n) is 6.05. The Hall–Kier alpha value is -0.970. The highest BCUT2D eigenvalue weighted by Gasteiger charge is 2.09. The summed E-state index contributed by atoms with van der Waals surface area (Å²) in [6, 6.07) is 0. The Morgan fingerprint density at radius 2 is 2.36 bits per heavy atom. The van der Waals surface area contributed by atoms with Gasteiger partial charge in [-0.3, -0.25) is 4.79 Å². The van der Waals surface area contributed by atoms with Crippen LogP contribution in [0.25, 0.3) is 0 Å². The third-order valence-electron chi connectivity index (χ3n) is 0.964. The number of rotatable bonds is 1. The fourth-order valence-electron chi connectivity index (χ4n) is 0.576. The van der Waals surface area contributed by atoms with E-state index in [4.69, 9.17) is 0 Å². The maximum absolute atomic E-state index is 12.4. The Balaban J connectivity index is 2.85. The van der Waals surface area contributed by atoms with Gasteiger partial charge < -0.3 is 4.74 Å². The third-order valence-corrected chi connectivity index (χ3v) is 1.79. The van der Waals surface area contributed by atoms with E-state index in [1.807, 2.05) is 0 Å². The maximum Gasteiger partial charge on any atom is 0.308 e. The van der Waals surface area contributed by atoms with Gasteiger partial charge >= 0.3 is 5.97 Å². The lowest BCUT2D eigenvalue weighted by molar-refractivity contribution is -0.131. The normalized spacial score (nSPS) is 9.73. The van der Waals surface area contributed by atoms with Crippen molar-refractivity contribution in [3.63, 3.8) is 0 Å². The second-order valence-electron chi connectivity index (χ2n) is 1.93. The van der Waals surface area contributed by atoms with Gasteiger partial charge in [-0.2, -0.15) is 4.39 Å². The van der Waals surface area contributed by atoms with Crippen molar-refractivity contribution in [2.24, 2.45) is 0 Å². The van der Waals surface area contributed by atoms with Crippen LogP contribution in [0.1, 0.15) is 12.6 Å². The minimum Gasteiger partial charge on any atom is -0.413 e. The van der Waals surface area contributed by atoms with E-state index < -0.39 is 11.2 Å². The fourth-order valence-corrected chi connectivity index (χ4v) is 1.26. The average Bonchev–Trinajstić information content (AvgIpc) is 2.09. The van der Waals surface area contributed by atoms with E-state index in [0.29, 0.717) is 5.69 Å². The van der Waals surface area contributed by atoms with Gasteiger partial charge in [0.1, 0.15) is 0 Å². The number of thiazole rings is 1. The highest BCUT2D eigenvalue weighted by Crippen LogP contribution is 2.25. The van der Waals surface area contributed by atoms with Crippen LogP contribution in [0, 0.1) is 12.2 Å². The molecule has 0 aliphatic carbocycles. The van der Waals surface area contributed by atoms with Crippen LogP contribution in [0.2, 0.25) is 0 Å². The molecule has 0 aliphatic rings. The van der Waals surface area contributed by atoms with Gasteiger partial charge in [-0.1, -0.05) is 0 Å². The molecule has 1 aromatic rings. The van der Waals surface area contributed by atoms with Crippen molar-refractivity contribution in [1.29, 1.82) is 0 Å². The van der Waals surface area contributed by atoms with E-state index in [0.717, 1.165) is 11.3 Å². The van der Waals surface area contributed by atoms with Gasteiger partial charge in [0.05, 0.1) is 5.69 Å². The number of esters is 1. The minimum absolute atomic E-state index is 0.231. The predicted molar refractivity (Wildman–Crippen MR) is 38.1 cm³/mol. The van der Waals surface area contributed by atoms with Gasteiger partial charge in [-0.05, 0) is 18.3 Å². The number of hydrogen-bond donors (Lipinski definition) is 0. The smallest absolute Gasteiger partial charge is 0.308 e. The first kappa shape index (κ1) is 8.13. The highest BCUT2D eigenvalue weighted by molar-refractivity contribution is 7.12. The number of nitrogens with zero attached hydrogens (tertiary/aromatic N) is 1. The van der Waals surface area contributed by atoms with E-state index in [9.17, 15) is 9.18 Å². The molecular formula is C6H6FNO2S. The molecule has 0 atom stereocenters. The second kappa shape index (κ2) is 2.96. The minimum atomic E-state index is -0.584. The van der Waals surface area contributed by atoms with Crippen LogP contribution in [-0.4, -0.2) is 11.0 Å². The first-order valence-corrected chi connectivity index (χ1v) is 3.72. The molecule has 5 heteroatoms. The molecule has 1 heterocycles. The summed E-state index contributed by atoms with van der Waals surface area (Å²) in [7, 11) is 0. The SMILES string of the molecule is CC(=O)Oc1sc(F)nc1C. The van der Waals surface area contributed by atoms with Crippen LogP contribution in [-0.2, 0) is 4.79 Å². The molecule has 0 N–H and O–H groups in total. The quantitative estimate of drug-likeness (QED) is 0.607. The summed E-state index contributed by atoms with van der Waals surface area (Å²) in [6.45, 7) is 2.84. The first-order chi connectivity index (χ1) is 5.09. The molecule has 0 saturated carbocycles. The number of aryl methyl sites for hydroxylation is 1. The monoisotopic (exact) mass is 175 g/mol. The van der Waals surface area contributed by atoms with Gasteiger partial charge in [0, 0.05) is 6.92 Å². The van der Waals surface area contributed by atoms with Gasteiger partial charge in [-0.15, -0.1) is 0 Å². The molecule has 0 fully saturated rings. The summed E-state index contributed by atoms with van der Waals surface area (Å²) in [6.07, 6.45) is 0. The zero-order chi connectivity index (χ0) is 8.43. The predicted octanol–water partition coefficient (Wildman–Crippen LogP) is 1.52. The first-order valence-electron chi connectivity index (χ1n) is 2.91. The maximum atomic E-state index is 12.4. The summed E-state index contributed by atoms with van der Waals surface area (Å²) in [4.78, 5) is 13.8. The van der Waals surface area contributed by atoms with Gasteiger partial charge in [0.2, 0.25) is 5.06 Å². The highest BCUT2D eigenvalue weighted by atomic mass is 32.1. The van der Waals surface area contributed by atoms with Crippen LogP contribution in [0.5, 0.6) is 5.06 Å². The molecule has 60 valence electrons. The van der Waals surface area contributed by atoms with Crippen molar-refractivity contribution in [3.8, 4) is 5.06 Å². The molecule has 3 nitrogen and oxygen atoms in total. The van der Waals surface area contributed by atoms with E-state index in [1.54, 1.807) is 6.92 Å². The van der Waals surface area contributed by atoms with Crippen molar-refractivity contribution >= 4 is 17.3 Å². The largest absolute Gasteiger partial charge is 0.413 e. The van der Waals surface area contributed by atoms with Gasteiger partial charge in [0.25, 0.3) is 5.26 Å². The third kappa shape index (κ3) is 1.98. The van der Waals surface area contributed by atoms with Crippen LogP contribution in [0.4, 0.5) is 4.39 Å². The number of carbonyl (C=O) groups is 1. The molecule has 1 rings (SSSR count). The van der Waals surface area contributed by atoms with Crippen molar-refractivity contribution in [2.45, 2.75) is 13.8 Å². The number of ether oxygens (including phenoxy) is 1. The number of halogens is 1. The number of aromatic nitrogens is 1. The molecule has 0 aliphatic heterocycles. The Bertz CT molecular complexity index is 284. The van der Waals surface area contributed by atoms with Crippen molar-refractivity contribution in [2.75, 3.05) is 0 Å². The van der Waals surface area contributed by atoms with E-state index in [1.165, 1.54) is 6.92 Å². The van der Waals surface area contributed by atoms with Crippen LogP contribution < -0.4 is 4.74 Å². The lowest BCUT2D eigenvalue weighted by atomic mass is 10.5. The summed E-state index contributed by atoms with van der Waals surface area (Å²) < 4.78 is 17.0. The molecule has 0 spiro atoms. The molecule has 0 saturated heterocycles. The van der Waals surface area contributed by atoms with E-state index >= 15 is 0 Å². The Morgan fingerprint density at radius 3 is 2.73 bits per heavy atom. The molecule has 0 amide bonds. The molecule has 0 aromatic carbocycles. The van der Waals surface area contributed by atoms with E-state index in [2.05, 4.69) is 9.72 Å². The molecule has 0 bridgehead atoms. The average molecular weight is 175 g/mol. The number of carbonyl (C=O) groups excluding carboxylic acids is 1. The van der Waals surface area contributed by atoms with Crippen LogP contribution >= 0.6 is 11.3 Å². The van der Waals surface area contributed by atoms with Gasteiger partial charge in [0.15, 0.2) is 0 Å². The molecular weight excluding hydrogens is 169 g/mol. The second-order valence-corrected chi connectivity index (χ2v) is 2.85. The standard InChI is InChI=1S/C6H6FNO2S/c1-3-5(10-4(2)9)11-6(7)8-3/h1-2H3. The van der Waals surface area contributed by atoms with Crippen molar-refractivity contribution < 1.29 is 13.9 Å². The molecule has 0 unspecified atom stereocenters. The Kier molecular flexibility index (Phi) is 2.19. The summed E-state index contributed by atoms with van der Waals surface area (Å²) in [5, 5.41) is -0.353. The van der Waals surface area contributed by atoms with Crippen molar-refractivity contribution in [1.82, 2.24) is 4.98 Å². The topological polar surface area (TPSA) is 39.2 Å². The Labute approximate surface area is 66.8 Å².